The van der Waals surface area contributed by atoms with Crippen LogP contribution in [0.4, 0.5) is 0 Å². The lowest BCUT2D eigenvalue weighted by atomic mass is 10.1. The average Bonchev–Trinajstić information content (AvgIpc) is 3.18. The van der Waals surface area contributed by atoms with E-state index >= 15 is 0 Å². The Hall–Kier alpha value is -2.33. The van der Waals surface area contributed by atoms with Crippen LogP contribution >= 0.6 is 7.82 Å². The van der Waals surface area contributed by atoms with Crippen LogP contribution in [-0.2, 0) is 32.7 Å². The summed E-state index contributed by atoms with van der Waals surface area (Å²) >= 11 is 0. The molecule has 1 unspecified atom stereocenters. The Morgan fingerprint density at radius 2 is 1.10 bits per heavy atom. The number of aliphatic hydroxyl groups excluding tert-OH is 1. The summed E-state index contributed by atoms with van der Waals surface area (Å²) in [6.07, 6.45) is 44.4. The summed E-state index contributed by atoms with van der Waals surface area (Å²) in [7, 11) is 1.10. The van der Waals surface area contributed by atoms with Crippen molar-refractivity contribution >= 4 is 19.8 Å². The number of ether oxygens (including phenoxy) is 2. The Morgan fingerprint density at radius 3 is 1.69 bits per heavy atom. The second-order valence-electron chi connectivity index (χ2n) is 16.6. The molecule has 0 aliphatic heterocycles. The molecule has 0 heterocycles. The lowest BCUT2D eigenvalue weighted by Gasteiger charge is -2.28. The Balaban J connectivity index is 4.46. The van der Waals surface area contributed by atoms with Crippen molar-refractivity contribution in [2.45, 2.75) is 187 Å². The van der Waals surface area contributed by atoms with Gasteiger partial charge in [-0.05, 0) is 70.6 Å². The fourth-order valence-corrected chi connectivity index (χ4v) is 6.62. The predicted molar refractivity (Wildman–Crippen MR) is 242 cm³/mol. The first kappa shape index (κ1) is 56.7. The summed E-state index contributed by atoms with van der Waals surface area (Å²) in [5, 5.41) is 9.83. The number of esters is 2. The summed E-state index contributed by atoms with van der Waals surface area (Å²) in [4.78, 5) is 37.6. The van der Waals surface area contributed by atoms with Gasteiger partial charge in [0.05, 0.1) is 33.9 Å². The van der Waals surface area contributed by atoms with E-state index in [4.69, 9.17) is 18.5 Å². The molecule has 0 aromatic heterocycles. The third kappa shape index (κ3) is 43.6. The number of likely N-dealkylation sites (N-methyl/N-ethyl adjacent to an activating group) is 1. The summed E-state index contributed by atoms with van der Waals surface area (Å²) in [5.41, 5.74) is 0. The molecule has 0 rings (SSSR count). The SMILES string of the molecule is CCCCCCCC/C=C\CCCCCCCCCC(=O)OC[C@H](COP(=O)([O-])OCC[N+](C)(C)C)OC(=O)CCC/C=C\C/C=C\C/C=C\C/C=C\[C@H](O)CCCC. The number of unbranched alkanes of at least 4 members (excludes halogenated alkanes) is 15. The lowest BCUT2D eigenvalue weighted by molar-refractivity contribution is -0.870. The van der Waals surface area contributed by atoms with Gasteiger partial charge in [-0.15, -0.1) is 0 Å². The molecule has 10 nitrogen and oxygen atoms in total. The second-order valence-corrected chi connectivity index (χ2v) is 18.0. The Bertz CT molecular complexity index is 1210. The molecular weight excluding hydrogens is 765 g/mol. The number of phosphoric acid groups is 1. The van der Waals surface area contributed by atoms with E-state index in [-0.39, 0.29) is 32.2 Å². The van der Waals surface area contributed by atoms with E-state index in [1.807, 2.05) is 45.4 Å². The van der Waals surface area contributed by atoms with Crippen LogP contribution in [0.1, 0.15) is 174 Å². The zero-order valence-corrected chi connectivity index (χ0v) is 38.9. The van der Waals surface area contributed by atoms with E-state index in [9.17, 15) is 24.2 Å². The van der Waals surface area contributed by atoms with Gasteiger partial charge < -0.3 is 33.0 Å². The lowest BCUT2D eigenvalue weighted by Crippen LogP contribution is -2.37. The zero-order valence-electron chi connectivity index (χ0n) is 38.0. The second kappa shape index (κ2) is 39.8. The molecule has 0 aliphatic rings. The zero-order chi connectivity index (χ0) is 43.7. The minimum Gasteiger partial charge on any atom is -0.756 e. The topological polar surface area (TPSA) is 131 Å². The maximum atomic E-state index is 12.7. The standard InChI is InChI=1S/C48H86NO9P/c1-6-8-10-11-12-13-14-15-16-17-18-19-23-26-29-32-35-39-47(51)55-43-46(44-57-59(53,54)56-42-41-49(3,4)5)58-48(52)40-36-33-30-27-24-21-20-22-25-28-31-34-38-45(50)37-9-7-2/h15-16,20-21,25,27-28,30,34,38,45-46,50H,6-14,17-19,22-24,26,29,31-33,35-37,39-44H2,1-5H3/b16-15-,21-20-,28-25-,30-27-,38-34-/t45-,46-/m1/s1. The number of quaternary nitrogens is 1. The molecule has 342 valence electrons. The Kier molecular flexibility index (Phi) is 38.2. The summed E-state index contributed by atoms with van der Waals surface area (Å²) in [5.74, 6) is -0.930. The first-order chi connectivity index (χ1) is 28.4. The molecule has 0 aromatic carbocycles. The van der Waals surface area contributed by atoms with Crippen molar-refractivity contribution in [2.75, 3.05) is 47.5 Å². The highest BCUT2D eigenvalue weighted by Gasteiger charge is 2.21. The normalized spacial score (nSPS) is 14.6. The average molecular weight is 852 g/mol. The van der Waals surface area contributed by atoms with Crippen LogP contribution in [0.3, 0.4) is 0 Å². The van der Waals surface area contributed by atoms with Crippen LogP contribution in [0.25, 0.3) is 0 Å². The van der Waals surface area contributed by atoms with Gasteiger partial charge in [0.1, 0.15) is 19.8 Å². The van der Waals surface area contributed by atoms with Crippen molar-refractivity contribution in [3.05, 3.63) is 60.8 Å². The van der Waals surface area contributed by atoms with E-state index in [0.29, 0.717) is 30.3 Å². The van der Waals surface area contributed by atoms with Gasteiger partial charge >= 0.3 is 11.9 Å². The quantitative estimate of drug-likeness (QED) is 0.0210. The van der Waals surface area contributed by atoms with Gasteiger partial charge in [0.15, 0.2) is 6.10 Å². The first-order valence-corrected chi connectivity index (χ1v) is 24.5. The fourth-order valence-electron chi connectivity index (χ4n) is 5.89. The highest BCUT2D eigenvalue weighted by atomic mass is 31.2. The number of aliphatic hydroxyl groups is 1. The van der Waals surface area contributed by atoms with E-state index < -0.39 is 32.5 Å². The number of allylic oxidation sites excluding steroid dienone is 9. The molecule has 0 aliphatic carbocycles. The molecule has 0 saturated carbocycles. The van der Waals surface area contributed by atoms with Crippen LogP contribution in [0.15, 0.2) is 60.8 Å². The van der Waals surface area contributed by atoms with Crippen molar-refractivity contribution in [2.24, 2.45) is 0 Å². The monoisotopic (exact) mass is 852 g/mol. The van der Waals surface area contributed by atoms with Gasteiger partial charge in [-0.2, -0.15) is 0 Å². The van der Waals surface area contributed by atoms with Crippen molar-refractivity contribution in [1.29, 1.82) is 0 Å². The van der Waals surface area contributed by atoms with Crippen LogP contribution in [-0.4, -0.2) is 81.2 Å². The minimum absolute atomic E-state index is 0.0512. The largest absolute Gasteiger partial charge is 0.756 e. The maximum absolute atomic E-state index is 12.7. The molecule has 1 N–H and O–H groups in total. The third-order valence-corrected chi connectivity index (χ3v) is 10.5. The highest BCUT2D eigenvalue weighted by Crippen LogP contribution is 2.38. The molecule has 3 atom stereocenters. The van der Waals surface area contributed by atoms with Gasteiger partial charge in [0.2, 0.25) is 0 Å². The van der Waals surface area contributed by atoms with E-state index in [1.54, 1.807) is 0 Å². The summed E-state index contributed by atoms with van der Waals surface area (Å²) in [6.45, 7) is 3.98. The maximum Gasteiger partial charge on any atom is 0.306 e. The van der Waals surface area contributed by atoms with Gasteiger partial charge in [-0.25, -0.2) is 0 Å². The number of carbonyl (C=O) groups excluding carboxylic acids is 2. The molecule has 11 heteroatoms. The van der Waals surface area contributed by atoms with Gasteiger partial charge in [0.25, 0.3) is 7.82 Å². The number of nitrogens with zero attached hydrogens (tertiary/aromatic N) is 1. The molecule has 0 spiro atoms. The molecule has 0 amide bonds. The molecular formula is C48H86NO9P. The minimum atomic E-state index is -4.65. The predicted octanol–water partition coefficient (Wildman–Crippen LogP) is 11.6. The molecule has 0 radical (unpaired) electrons. The molecule has 0 saturated heterocycles. The molecule has 0 aromatic rings. The number of carbonyl (C=O) groups is 2. The Labute approximate surface area is 360 Å². The van der Waals surface area contributed by atoms with Crippen molar-refractivity contribution in [1.82, 2.24) is 0 Å². The smallest absolute Gasteiger partial charge is 0.306 e. The highest BCUT2D eigenvalue weighted by molar-refractivity contribution is 7.45. The molecule has 0 fully saturated rings. The third-order valence-electron chi connectivity index (χ3n) is 9.58. The van der Waals surface area contributed by atoms with Crippen LogP contribution < -0.4 is 4.89 Å². The number of hydrogen-bond acceptors (Lipinski definition) is 9. The van der Waals surface area contributed by atoms with Crippen LogP contribution in [0, 0.1) is 0 Å². The Morgan fingerprint density at radius 1 is 0.610 bits per heavy atom. The number of phosphoric ester groups is 1. The fraction of sp³-hybridized carbons (Fsp3) is 0.750. The van der Waals surface area contributed by atoms with E-state index in [0.717, 1.165) is 64.2 Å². The number of rotatable bonds is 41. The van der Waals surface area contributed by atoms with Gasteiger partial charge in [-0.3, -0.25) is 14.2 Å². The van der Waals surface area contributed by atoms with Crippen LogP contribution in [0.2, 0.25) is 0 Å². The summed E-state index contributed by atoms with van der Waals surface area (Å²) < 4.78 is 33.8. The van der Waals surface area contributed by atoms with Crippen molar-refractivity contribution in [3.8, 4) is 0 Å². The van der Waals surface area contributed by atoms with Crippen molar-refractivity contribution < 1.29 is 47.2 Å². The van der Waals surface area contributed by atoms with E-state index in [1.165, 1.54) is 64.2 Å². The molecule has 0 bridgehead atoms. The van der Waals surface area contributed by atoms with Gasteiger partial charge in [-0.1, -0.05) is 152 Å². The van der Waals surface area contributed by atoms with Gasteiger partial charge in [0, 0.05) is 12.8 Å². The van der Waals surface area contributed by atoms with Crippen LogP contribution in [0.5, 0.6) is 0 Å². The number of hydrogen-bond donors (Lipinski definition) is 1. The van der Waals surface area contributed by atoms with E-state index in [2.05, 4.69) is 50.3 Å². The molecule has 59 heavy (non-hydrogen) atoms. The van der Waals surface area contributed by atoms with Crippen molar-refractivity contribution in [3.63, 3.8) is 0 Å². The first-order valence-electron chi connectivity index (χ1n) is 23.1. The summed E-state index contributed by atoms with van der Waals surface area (Å²) in [6, 6.07) is 0.